The molecule has 100 valence electrons. The Labute approximate surface area is 115 Å². The second kappa shape index (κ2) is 5.99. The first-order valence-electron chi connectivity index (χ1n) is 4.89. The van der Waals surface area contributed by atoms with Crippen LogP contribution in [0.1, 0.15) is 5.56 Å². The van der Waals surface area contributed by atoms with Crippen LogP contribution < -0.4 is 5.84 Å². The average Bonchev–Trinajstić information content (AvgIpc) is 2.36. The molecule has 1 aromatic rings. The third-order valence-electron chi connectivity index (χ3n) is 2.22. The molecule has 1 aromatic carbocycles. The second-order valence-corrected chi connectivity index (χ2v) is 6.11. The molecule has 1 atom stereocenters. The third kappa shape index (κ3) is 3.21. The fourth-order valence-electron chi connectivity index (χ4n) is 1.16. The van der Waals surface area contributed by atoms with Crippen LogP contribution in [0.5, 0.6) is 0 Å². The molecule has 5 nitrogen and oxygen atoms in total. The average molecular weight is 311 g/mol. The number of hydrogen-bond donors (Lipinski definition) is 1. The fourth-order valence-corrected chi connectivity index (χ4v) is 2.86. The molecule has 0 aliphatic heterocycles. The van der Waals surface area contributed by atoms with Gasteiger partial charge in [0, 0.05) is 0 Å². The summed E-state index contributed by atoms with van der Waals surface area (Å²) < 4.78 is 24.4. The van der Waals surface area contributed by atoms with Crippen molar-refractivity contribution in [1.82, 2.24) is 4.41 Å². The maximum atomic E-state index is 12.0. The molecule has 0 aromatic heterocycles. The number of benzene rings is 1. The first kappa shape index (κ1) is 15.4. The number of carbonyl (C=O) groups excluding carboxylic acids is 1. The Morgan fingerprint density at radius 3 is 2.33 bits per heavy atom. The van der Waals surface area contributed by atoms with E-state index in [1.807, 2.05) is 6.92 Å². The van der Waals surface area contributed by atoms with E-state index in [1.54, 1.807) is 12.1 Å². The summed E-state index contributed by atoms with van der Waals surface area (Å²) in [5, 5.41) is 0. The lowest BCUT2D eigenvalue weighted by Gasteiger charge is -2.20. The number of aryl methyl sites for hydroxylation is 1. The fraction of sp³-hybridized carbons (Fsp3) is 0.300. The molecular weight excluding hydrogens is 299 g/mol. The molecule has 1 unspecified atom stereocenters. The highest BCUT2D eigenvalue weighted by molar-refractivity contribution is 7.89. The molecule has 1 rings (SSSR count). The summed E-state index contributed by atoms with van der Waals surface area (Å²) in [7, 11) is -4.01. The van der Waals surface area contributed by atoms with Crippen molar-refractivity contribution in [2.24, 2.45) is 5.84 Å². The first-order valence-corrected chi connectivity index (χ1v) is 7.30. The monoisotopic (exact) mass is 310 g/mol. The molecule has 2 N–H and O–H groups in total. The number of sulfonamides is 1. The van der Waals surface area contributed by atoms with Crippen LogP contribution in [-0.2, 0) is 14.8 Å². The van der Waals surface area contributed by atoms with Gasteiger partial charge in [-0.2, -0.15) is 0 Å². The van der Waals surface area contributed by atoms with Crippen LogP contribution in [0.4, 0.5) is 0 Å². The van der Waals surface area contributed by atoms with Crippen LogP contribution in [0.2, 0.25) is 0 Å². The van der Waals surface area contributed by atoms with Gasteiger partial charge in [-0.3, -0.25) is 10.6 Å². The summed E-state index contributed by atoms with van der Waals surface area (Å²) in [5.41, 5.74) is -0.620. The van der Waals surface area contributed by atoms with Gasteiger partial charge in [0.1, 0.15) is 0 Å². The number of rotatable bonds is 5. The molecule has 0 heterocycles. The van der Waals surface area contributed by atoms with E-state index in [2.05, 4.69) is 0 Å². The molecule has 0 aliphatic carbocycles. The van der Waals surface area contributed by atoms with Gasteiger partial charge in [-0.25, -0.2) is 8.42 Å². The lowest BCUT2D eigenvalue weighted by Crippen LogP contribution is -2.46. The topological polar surface area (TPSA) is 80.5 Å². The summed E-state index contributed by atoms with van der Waals surface area (Å²) in [6, 6.07) is 6.01. The molecule has 8 heteroatoms. The van der Waals surface area contributed by atoms with Gasteiger partial charge in [0.15, 0.2) is 11.3 Å². The largest absolute Gasteiger partial charge is 0.295 e. The van der Waals surface area contributed by atoms with E-state index in [9.17, 15) is 13.2 Å². The Bertz CT molecular complexity index is 531. The summed E-state index contributed by atoms with van der Waals surface area (Å²) in [6.45, 7) is 1.82. The van der Waals surface area contributed by atoms with Crippen LogP contribution in [0.15, 0.2) is 29.2 Å². The van der Waals surface area contributed by atoms with E-state index in [-0.39, 0.29) is 4.90 Å². The van der Waals surface area contributed by atoms with Crippen LogP contribution in [0.3, 0.4) is 0 Å². The predicted molar refractivity (Wildman–Crippen MR) is 69.8 cm³/mol. The normalized spacial score (nSPS) is 13.6. The zero-order valence-corrected chi connectivity index (χ0v) is 11.8. The van der Waals surface area contributed by atoms with Crippen molar-refractivity contribution in [2.45, 2.75) is 17.3 Å². The van der Waals surface area contributed by atoms with Gasteiger partial charge in [0.25, 0.3) is 10.0 Å². The van der Waals surface area contributed by atoms with Crippen LogP contribution in [0.25, 0.3) is 0 Å². The smallest absolute Gasteiger partial charge is 0.257 e. The van der Waals surface area contributed by atoms with Crippen molar-refractivity contribution in [1.29, 1.82) is 0 Å². The number of hydrazine groups is 1. The Balaban J connectivity index is 3.07. The van der Waals surface area contributed by atoms with Crippen LogP contribution in [0, 0.1) is 6.92 Å². The first-order chi connectivity index (χ1) is 8.30. The van der Waals surface area contributed by atoms with Crippen molar-refractivity contribution in [3.63, 3.8) is 0 Å². The maximum Gasteiger partial charge on any atom is 0.257 e. The molecule has 18 heavy (non-hydrogen) atoms. The number of hydrogen-bond acceptors (Lipinski definition) is 4. The molecule has 0 saturated carbocycles. The van der Waals surface area contributed by atoms with Gasteiger partial charge in [-0.1, -0.05) is 29.3 Å². The molecule has 0 saturated heterocycles. The SMILES string of the molecule is Cc1ccc(S(=O)(=O)N(N)C(Cl)C(=O)CCl)cc1. The van der Waals surface area contributed by atoms with Crippen molar-refractivity contribution < 1.29 is 13.2 Å². The van der Waals surface area contributed by atoms with Gasteiger partial charge >= 0.3 is 0 Å². The highest BCUT2D eigenvalue weighted by atomic mass is 35.5. The van der Waals surface area contributed by atoms with Gasteiger partial charge < -0.3 is 0 Å². The van der Waals surface area contributed by atoms with E-state index in [1.165, 1.54) is 12.1 Å². The third-order valence-corrected chi connectivity index (χ3v) is 4.68. The highest BCUT2D eigenvalue weighted by Crippen LogP contribution is 2.18. The van der Waals surface area contributed by atoms with Crippen LogP contribution in [-0.4, -0.2) is 30.0 Å². The van der Waals surface area contributed by atoms with E-state index in [0.717, 1.165) is 5.56 Å². The van der Waals surface area contributed by atoms with Gasteiger partial charge in [0.2, 0.25) is 0 Å². The minimum atomic E-state index is -4.01. The number of nitrogens with zero attached hydrogens (tertiary/aromatic N) is 1. The summed E-state index contributed by atoms with van der Waals surface area (Å²) in [6.07, 6.45) is 0. The minimum Gasteiger partial charge on any atom is -0.295 e. The summed E-state index contributed by atoms with van der Waals surface area (Å²) in [5.74, 6) is 4.28. The Morgan fingerprint density at radius 2 is 1.89 bits per heavy atom. The molecule has 0 fully saturated rings. The number of nitrogens with two attached hydrogens (primary N) is 1. The highest BCUT2D eigenvalue weighted by Gasteiger charge is 2.31. The zero-order chi connectivity index (χ0) is 13.9. The molecule has 0 spiro atoms. The zero-order valence-electron chi connectivity index (χ0n) is 9.51. The Morgan fingerprint density at radius 1 is 1.39 bits per heavy atom. The second-order valence-electron chi connectivity index (χ2n) is 3.58. The number of ketones is 1. The van der Waals surface area contributed by atoms with E-state index in [4.69, 9.17) is 29.0 Å². The van der Waals surface area contributed by atoms with E-state index in [0.29, 0.717) is 4.41 Å². The summed E-state index contributed by atoms with van der Waals surface area (Å²) in [4.78, 5) is 11.2. The number of halogens is 2. The molecule has 0 bridgehead atoms. The lowest BCUT2D eigenvalue weighted by atomic mass is 10.2. The molecule has 0 aliphatic rings. The lowest BCUT2D eigenvalue weighted by molar-refractivity contribution is -0.118. The van der Waals surface area contributed by atoms with E-state index >= 15 is 0 Å². The number of Topliss-reactive ketones (excluding diaryl/α,β-unsaturated/α-hetero) is 1. The van der Waals surface area contributed by atoms with Crippen LogP contribution >= 0.6 is 23.2 Å². The number of alkyl halides is 2. The summed E-state index contributed by atoms with van der Waals surface area (Å²) >= 11 is 10.9. The van der Waals surface area contributed by atoms with Gasteiger partial charge in [0.05, 0.1) is 10.8 Å². The Hall–Kier alpha value is -0.660. The van der Waals surface area contributed by atoms with Crippen molar-refractivity contribution in [3.8, 4) is 0 Å². The molecular formula is C10H12Cl2N2O3S. The van der Waals surface area contributed by atoms with Crippen molar-refractivity contribution in [3.05, 3.63) is 29.8 Å². The maximum absolute atomic E-state index is 12.0. The number of carbonyl (C=O) groups is 1. The minimum absolute atomic E-state index is 0.0383. The molecule has 0 amide bonds. The van der Waals surface area contributed by atoms with Gasteiger partial charge in [-0.15, -0.1) is 16.0 Å². The van der Waals surface area contributed by atoms with Crippen molar-refractivity contribution >= 4 is 39.0 Å². The van der Waals surface area contributed by atoms with E-state index < -0.39 is 27.2 Å². The van der Waals surface area contributed by atoms with Gasteiger partial charge in [-0.05, 0) is 19.1 Å². The van der Waals surface area contributed by atoms with Crippen molar-refractivity contribution in [2.75, 3.05) is 5.88 Å². The Kier molecular flexibility index (Phi) is 5.12. The predicted octanol–water partition coefficient (Wildman–Crippen LogP) is 1.23. The quantitative estimate of drug-likeness (QED) is 0.384. The standard InChI is InChI=1S/C10H12Cl2N2O3S/c1-7-2-4-8(5-3-7)18(16,17)14(13)10(12)9(15)6-11/h2-5,10H,6,13H2,1H3. The molecule has 0 radical (unpaired) electrons.